The Bertz CT molecular complexity index is 789. The van der Waals surface area contributed by atoms with Crippen molar-refractivity contribution >= 4 is 16.8 Å². The van der Waals surface area contributed by atoms with E-state index in [9.17, 15) is 4.79 Å². The fourth-order valence-electron chi connectivity index (χ4n) is 4.55. The summed E-state index contributed by atoms with van der Waals surface area (Å²) in [6, 6.07) is 8.04. The zero-order chi connectivity index (χ0) is 18.7. The number of hydrogen-bond donors (Lipinski definition) is 2. The summed E-state index contributed by atoms with van der Waals surface area (Å²) in [7, 11) is 1.67. The lowest BCUT2D eigenvalue weighted by molar-refractivity contribution is -0.140. The maximum atomic E-state index is 13.3. The summed E-state index contributed by atoms with van der Waals surface area (Å²) < 4.78 is 10.8. The molecule has 2 N–H and O–H groups in total. The minimum Gasteiger partial charge on any atom is -0.497 e. The Kier molecular flexibility index (Phi) is 5.36. The molecule has 1 saturated heterocycles. The monoisotopic (exact) mass is 371 g/mol. The molecule has 2 aliphatic rings. The van der Waals surface area contributed by atoms with Crippen LogP contribution in [0.1, 0.15) is 37.8 Å². The van der Waals surface area contributed by atoms with Crippen LogP contribution in [0.2, 0.25) is 0 Å². The van der Waals surface area contributed by atoms with Crippen LogP contribution in [0.15, 0.2) is 24.3 Å². The first-order valence-electron chi connectivity index (χ1n) is 9.98. The van der Waals surface area contributed by atoms with Crippen molar-refractivity contribution < 1.29 is 14.3 Å². The zero-order valence-corrected chi connectivity index (χ0v) is 16.1. The van der Waals surface area contributed by atoms with Gasteiger partial charge in [-0.25, -0.2) is 0 Å². The maximum absolute atomic E-state index is 13.3. The van der Waals surface area contributed by atoms with Crippen LogP contribution in [0.3, 0.4) is 0 Å². The number of nitrogens with zero attached hydrogens (tertiary/aromatic N) is 1. The van der Waals surface area contributed by atoms with Gasteiger partial charge >= 0.3 is 0 Å². The second-order valence-corrected chi connectivity index (χ2v) is 7.62. The zero-order valence-electron chi connectivity index (χ0n) is 16.1. The third-order valence-electron chi connectivity index (χ3n) is 6.04. The van der Waals surface area contributed by atoms with E-state index in [0.29, 0.717) is 6.54 Å². The molecule has 0 atom stereocenters. The van der Waals surface area contributed by atoms with E-state index in [1.54, 1.807) is 7.11 Å². The van der Waals surface area contributed by atoms with Gasteiger partial charge in [0.25, 0.3) is 0 Å². The predicted octanol–water partition coefficient (Wildman–Crippen LogP) is 2.83. The molecule has 2 fully saturated rings. The van der Waals surface area contributed by atoms with Crippen molar-refractivity contribution in [3.8, 4) is 5.75 Å². The highest BCUT2D eigenvalue weighted by Gasteiger charge is 2.44. The van der Waals surface area contributed by atoms with E-state index >= 15 is 0 Å². The number of methoxy groups -OCH3 is 1. The van der Waals surface area contributed by atoms with E-state index in [0.717, 1.165) is 74.3 Å². The molecule has 1 aliphatic heterocycles. The van der Waals surface area contributed by atoms with Crippen molar-refractivity contribution in [1.29, 1.82) is 0 Å². The standard InChI is InChI=1S/C21H29N3O3/c1-26-18-5-6-19-16(14-18)13-17(23-19)15-22-20(25)21(7-3-2-4-8-21)24-9-11-27-12-10-24/h5-6,13-14,23H,2-4,7-12,15H2,1H3,(H,22,25). The van der Waals surface area contributed by atoms with Crippen molar-refractivity contribution in [2.45, 2.75) is 44.2 Å². The number of hydrogen-bond acceptors (Lipinski definition) is 4. The minimum absolute atomic E-state index is 0.167. The summed E-state index contributed by atoms with van der Waals surface area (Å²) in [6.07, 6.45) is 5.36. The lowest BCUT2D eigenvalue weighted by Gasteiger charge is -2.46. The summed E-state index contributed by atoms with van der Waals surface area (Å²) in [5, 5.41) is 4.31. The second kappa shape index (κ2) is 7.90. The first-order valence-corrected chi connectivity index (χ1v) is 9.98. The molecule has 1 aromatic carbocycles. The Labute approximate surface area is 160 Å². The first-order chi connectivity index (χ1) is 13.2. The molecule has 0 bridgehead atoms. The molecular weight excluding hydrogens is 342 g/mol. The normalized spacial score (nSPS) is 20.5. The molecule has 2 aromatic rings. The van der Waals surface area contributed by atoms with Crippen LogP contribution in [0.25, 0.3) is 10.9 Å². The Morgan fingerprint density at radius 1 is 1.22 bits per heavy atom. The van der Waals surface area contributed by atoms with Crippen molar-refractivity contribution in [2.75, 3.05) is 33.4 Å². The number of fused-ring (bicyclic) bond motifs is 1. The van der Waals surface area contributed by atoms with E-state index in [1.165, 1.54) is 6.42 Å². The second-order valence-electron chi connectivity index (χ2n) is 7.62. The average molecular weight is 371 g/mol. The number of carbonyl (C=O) groups excluding carboxylic acids is 1. The minimum atomic E-state index is -0.364. The predicted molar refractivity (Wildman–Crippen MR) is 105 cm³/mol. The SMILES string of the molecule is COc1ccc2[nH]c(CNC(=O)C3(N4CCOCC4)CCCCC3)cc2c1. The van der Waals surface area contributed by atoms with Crippen molar-refractivity contribution in [1.82, 2.24) is 15.2 Å². The molecular formula is C21H29N3O3. The number of carbonyl (C=O) groups is 1. The van der Waals surface area contributed by atoms with Gasteiger partial charge in [-0.2, -0.15) is 0 Å². The van der Waals surface area contributed by atoms with E-state index in [4.69, 9.17) is 9.47 Å². The molecule has 0 radical (unpaired) electrons. The van der Waals surface area contributed by atoms with E-state index in [2.05, 4.69) is 21.3 Å². The number of nitrogens with one attached hydrogen (secondary N) is 2. The molecule has 6 nitrogen and oxygen atoms in total. The molecule has 0 unspecified atom stereocenters. The van der Waals surface area contributed by atoms with Crippen LogP contribution in [0, 0.1) is 0 Å². The van der Waals surface area contributed by atoms with Crippen LogP contribution in [0.5, 0.6) is 5.75 Å². The molecule has 4 rings (SSSR count). The Morgan fingerprint density at radius 3 is 2.74 bits per heavy atom. The summed E-state index contributed by atoms with van der Waals surface area (Å²) in [5.41, 5.74) is 1.71. The first kappa shape index (κ1) is 18.3. The third kappa shape index (κ3) is 3.69. The topological polar surface area (TPSA) is 66.6 Å². The highest BCUT2D eigenvalue weighted by molar-refractivity contribution is 5.87. The fourth-order valence-corrected chi connectivity index (χ4v) is 4.55. The molecule has 27 heavy (non-hydrogen) atoms. The summed E-state index contributed by atoms with van der Waals surface area (Å²) in [6.45, 7) is 3.65. The van der Waals surface area contributed by atoms with E-state index in [1.807, 2.05) is 18.2 Å². The maximum Gasteiger partial charge on any atom is 0.240 e. The number of rotatable bonds is 5. The molecule has 0 spiro atoms. The van der Waals surface area contributed by atoms with Gasteiger partial charge in [0.15, 0.2) is 0 Å². The van der Waals surface area contributed by atoms with Crippen molar-refractivity contribution in [3.05, 3.63) is 30.0 Å². The smallest absolute Gasteiger partial charge is 0.240 e. The van der Waals surface area contributed by atoms with Gasteiger partial charge < -0.3 is 19.8 Å². The van der Waals surface area contributed by atoms with Crippen molar-refractivity contribution in [3.63, 3.8) is 0 Å². The Hall–Kier alpha value is -2.05. The van der Waals surface area contributed by atoms with E-state index in [-0.39, 0.29) is 11.4 Å². The highest BCUT2D eigenvalue weighted by atomic mass is 16.5. The third-order valence-corrected chi connectivity index (χ3v) is 6.04. The molecule has 1 aromatic heterocycles. The molecule has 1 saturated carbocycles. The summed E-state index contributed by atoms with van der Waals surface area (Å²) >= 11 is 0. The van der Waals surface area contributed by atoms with Gasteiger partial charge in [0.1, 0.15) is 11.3 Å². The van der Waals surface area contributed by atoms with Crippen LogP contribution >= 0.6 is 0 Å². The molecule has 2 heterocycles. The van der Waals surface area contributed by atoms with Crippen LogP contribution in [-0.2, 0) is 16.1 Å². The fraction of sp³-hybridized carbons (Fsp3) is 0.571. The average Bonchev–Trinajstić information content (AvgIpc) is 3.15. The lowest BCUT2D eigenvalue weighted by Crippen LogP contribution is -2.62. The number of H-pyrrole nitrogens is 1. The van der Waals surface area contributed by atoms with Crippen LogP contribution < -0.4 is 10.1 Å². The molecule has 6 heteroatoms. The number of aromatic nitrogens is 1. The number of aromatic amines is 1. The van der Waals surface area contributed by atoms with Gasteiger partial charge in [-0.05, 0) is 37.1 Å². The van der Waals surface area contributed by atoms with Gasteiger partial charge in [0.05, 0.1) is 26.9 Å². The van der Waals surface area contributed by atoms with E-state index < -0.39 is 0 Å². The molecule has 146 valence electrons. The molecule has 1 amide bonds. The largest absolute Gasteiger partial charge is 0.497 e. The number of benzene rings is 1. The Balaban J connectivity index is 1.47. The molecule has 1 aliphatic carbocycles. The van der Waals surface area contributed by atoms with Gasteiger partial charge in [-0.3, -0.25) is 9.69 Å². The van der Waals surface area contributed by atoms with Crippen LogP contribution in [-0.4, -0.2) is 54.7 Å². The van der Waals surface area contributed by atoms with Crippen molar-refractivity contribution in [2.24, 2.45) is 0 Å². The highest BCUT2D eigenvalue weighted by Crippen LogP contribution is 2.34. The van der Waals surface area contributed by atoms with Crippen LogP contribution in [0.4, 0.5) is 0 Å². The summed E-state index contributed by atoms with van der Waals surface area (Å²) in [5.74, 6) is 1.01. The van der Waals surface area contributed by atoms with Gasteiger partial charge in [0, 0.05) is 29.7 Å². The number of ether oxygens (including phenoxy) is 2. The number of morpholine rings is 1. The van der Waals surface area contributed by atoms with Gasteiger partial charge in [-0.1, -0.05) is 19.3 Å². The number of amides is 1. The van der Waals surface area contributed by atoms with Gasteiger partial charge in [0.2, 0.25) is 5.91 Å². The quantitative estimate of drug-likeness (QED) is 0.848. The Morgan fingerprint density at radius 2 is 2.00 bits per heavy atom. The summed E-state index contributed by atoms with van der Waals surface area (Å²) in [4.78, 5) is 19.0. The van der Waals surface area contributed by atoms with Gasteiger partial charge in [-0.15, -0.1) is 0 Å². The lowest BCUT2D eigenvalue weighted by atomic mass is 9.79.